The van der Waals surface area contributed by atoms with Crippen LogP contribution in [0.4, 0.5) is 11.4 Å². The van der Waals surface area contributed by atoms with E-state index in [0.29, 0.717) is 11.7 Å². The number of para-hydroxylation sites is 2. The van der Waals surface area contributed by atoms with Crippen LogP contribution in [0, 0.1) is 0 Å². The highest BCUT2D eigenvalue weighted by molar-refractivity contribution is 6.12. The van der Waals surface area contributed by atoms with E-state index in [1.165, 1.54) is 5.39 Å². The number of aromatic nitrogens is 2. The lowest BCUT2D eigenvalue weighted by atomic mass is 9.93. The van der Waals surface area contributed by atoms with Crippen LogP contribution in [0.15, 0.2) is 108 Å². The molecule has 7 rings (SSSR count). The zero-order valence-corrected chi connectivity index (χ0v) is 18.7. The average Bonchev–Trinajstić information content (AvgIpc) is 3.37. The normalized spacial score (nSPS) is 18.0. The SMILES string of the molecule is c1ccc(C2N=C(c3ncc(C4Nc5ccccc5O4)cn3)Nc3c2ccc2ccccc32)cc1. The van der Waals surface area contributed by atoms with Crippen molar-refractivity contribution in [3.8, 4) is 5.75 Å². The first-order valence-corrected chi connectivity index (χ1v) is 11.6. The zero-order valence-electron chi connectivity index (χ0n) is 18.7. The number of amidine groups is 1. The highest BCUT2D eigenvalue weighted by atomic mass is 16.5. The summed E-state index contributed by atoms with van der Waals surface area (Å²) in [5.41, 5.74) is 5.13. The monoisotopic (exact) mass is 455 g/mol. The largest absolute Gasteiger partial charge is 0.464 e. The van der Waals surface area contributed by atoms with Gasteiger partial charge in [-0.15, -0.1) is 0 Å². The van der Waals surface area contributed by atoms with E-state index in [0.717, 1.165) is 39.2 Å². The lowest BCUT2D eigenvalue weighted by Crippen LogP contribution is -2.24. The minimum atomic E-state index is -0.315. The molecule has 2 N–H and O–H groups in total. The van der Waals surface area contributed by atoms with Gasteiger partial charge in [0.05, 0.1) is 11.4 Å². The molecule has 0 radical (unpaired) electrons. The summed E-state index contributed by atoms with van der Waals surface area (Å²) < 4.78 is 6.01. The molecule has 1 aromatic heterocycles. The van der Waals surface area contributed by atoms with E-state index in [4.69, 9.17) is 9.73 Å². The third kappa shape index (κ3) is 3.38. The molecule has 35 heavy (non-hydrogen) atoms. The highest BCUT2D eigenvalue weighted by Gasteiger charge is 2.27. The van der Waals surface area contributed by atoms with Crippen molar-refractivity contribution in [3.63, 3.8) is 0 Å². The molecule has 2 atom stereocenters. The molecule has 0 saturated carbocycles. The molecule has 0 spiro atoms. The maximum absolute atomic E-state index is 6.01. The molecule has 168 valence electrons. The molecular formula is C29H21N5O. The van der Waals surface area contributed by atoms with E-state index in [-0.39, 0.29) is 12.3 Å². The Bertz CT molecular complexity index is 1560. The van der Waals surface area contributed by atoms with Gasteiger partial charge in [-0.3, -0.25) is 4.99 Å². The van der Waals surface area contributed by atoms with Gasteiger partial charge in [-0.2, -0.15) is 0 Å². The minimum Gasteiger partial charge on any atom is -0.464 e. The Labute approximate surface area is 202 Å². The van der Waals surface area contributed by atoms with Gasteiger partial charge in [-0.1, -0.05) is 78.9 Å². The van der Waals surface area contributed by atoms with Gasteiger partial charge in [0.15, 0.2) is 17.9 Å². The molecule has 6 heteroatoms. The van der Waals surface area contributed by atoms with Crippen molar-refractivity contribution in [1.82, 2.24) is 9.97 Å². The predicted molar refractivity (Wildman–Crippen MR) is 138 cm³/mol. The fraction of sp³-hybridized carbons (Fsp3) is 0.0690. The molecule has 3 heterocycles. The second kappa shape index (κ2) is 7.95. The molecule has 0 bridgehead atoms. The molecule has 5 aromatic rings. The van der Waals surface area contributed by atoms with Crippen molar-refractivity contribution in [2.24, 2.45) is 4.99 Å². The van der Waals surface area contributed by atoms with Crippen molar-refractivity contribution < 1.29 is 4.74 Å². The van der Waals surface area contributed by atoms with Crippen molar-refractivity contribution in [3.05, 3.63) is 126 Å². The smallest absolute Gasteiger partial charge is 0.199 e. The van der Waals surface area contributed by atoms with Gasteiger partial charge in [0, 0.05) is 28.9 Å². The summed E-state index contributed by atoms with van der Waals surface area (Å²) in [7, 11) is 0. The van der Waals surface area contributed by atoms with Crippen LogP contribution in [0.5, 0.6) is 5.75 Å². The summed E-state index contributed by atoms with van der Waals surface area (Å²) in [5.74, 6) is 2.02. The van der Waals surface area contributed by atoms with Crippen LogP contribution in [0.2, 0.25) is 0 Å². The average molecular weight is 456 g/mol. The van der Waals surface area contributed by atoms with Crippen molar-refractivity contribution in [2.75, 3.05) is 10.6 Å². The lowest BCUT2D eigenvalue weighted by Gasteiger charge is -2.26. The van der Waals surface area contributed by atoms with E-state index in [9.17, 15) is 0 Å². The molecule has 0 aliphatic carbocycles. The third-order valence-electron chi connectivity index (χ3n) is 6.48. The topological polar surface area (TPSA) is 71.4 Å². The number of fused-ring (bicyclic) bond motifs is 4. The summed E-state index contributed by atoms with van der Waals surface area (Å²) in [4.78, 5) is 14.4. The maximum atomic E-state index is 6.01. The summed E-state index contributed by atoms with van der Waals surface area (Å²) >= 11 is 0. The number of ether oxygens (including phenoxy) is 1. The third-order valence-corrected chi connectivity index (χ3v) is 6.48. The second-order valence-electron chi connectivity index (χ2n) is 8.65. The Morgan fingerprint density at radius 2 is 1.49 bits per heavy atom. The predicted octanol–water partition coefficient (Wildman–Crippen LogP) is 6.09. The fourth-order valence-corrected chi connectivity index (χ4v) is 4.74. The Morgan fingerprint density at radius 3 is 2.34 bits per heavy atom. The quantitative estimate of drug-likeness (QED) is 0.344. The number of hydrogen-bond donors (Lipinski definition) is 2. The van der Waals surface area contributed by atoms with Crippen LogP contribution >= 0.6 is 0 Å². The number of aliphatic imine (C=N–C) groups is 1. The Balaban J connectivity index is 1.27. The van der Waals surface area contributed by atoms with Crippen molar-refractivity contribution in [1.29, 1.82) is 0 Å². The second-order valence-corrected chi connectivity index (χ2v) is 8.65. The van der Waals surface area contributed by atoms with Crippen LogP contribution < -0.4 is 15.4 Å². The number of nitrogens with one attached hydrogen (secondary N) is 2. The number of rotatable bonds is 3. The van der Waals surface area contributed by atoms with Crippen LogP contribution in [-0.2, 0) is 0 Å². The first-order chi connectivity index (χ1) is 17.3. The van der Waals surface area contributed by atoms with Gasteiger partial charge < -0.3 is 15.4 Å². The van der Waals surface area contributed by atoms with Crippen molar-refractivity contribution in [2.45, 2.75) is 12.3 Å². The zero-order chi connectivity index (χ0) is 23.2. The fourth-order valence-electron chi connectivity index (χ4n) is 4.74. The van der Waals surface area contributed by atoms with Gasteiger partial charge in [0.1, 0.15) is 11.8 Å². The molecule has 6 nitrogen and oxygen atoms in total. The van der Waals surface area contributed by atoms with Crippen LogP contribution in [0.3, 0.4) is 0 Å². The number of nitrogens with zero attached hydrogens (tertiary/aromatic N) is 3. The molecule has 2 unspecified atom stereocenters. The minimum absolute atomic E-state index is 0.148. The van der Waals surface area contributed by atoms with Crippen molar-refractivity contribution >= 4 is 28.0 Å². The summed E-state index contributed by atoms with van der Waals surface area (Å²) in [5, 5.41) is 9.22. The molecular weight excluding hydrogens is 434 g/mol. The first kappa shape index (κ1) is 19.7. The maximum Gasteiger partial charge on any atom is 0.199 e. The van der Waals surface area contributed by atoms with E-state index in [2.05, 4.69) is 69.1 Å². The number of benzene rings is 4. The highest BCUT2D eigenvalue weighted by Crippen LogP contribution is 2.40. The van der Waals surface area contributed by atoms with Crippen LogP contribution in [0.25, 0.3) is 10.8 Å². The van der Waals surface area contributed by atoms with Crippen LogP contribution in [-0.4, -0.2) is 15.8 Å². The van der Waals surface area contributed by atoms with Gasteiger partial charge in [-0.05, 0) is 23.1 Å². The Kier molecular flexibility index (Phi) is 4.48. The van der Waals surface area contributed by atoms with E-state index < -0.39 is 0 Å². The van der Waals surface area contributed by atoms with Gasteiger partial charge in [0.25, 0.3) is 0 Å². The summed E-state index contributed by atoms with van der Waals surface area (Å²) in [6, 6.07) is 30.8. The number of anilines is 2. The first-order valence-electron chi connectivity index (χ1n) is 11.6. The van der Waals surface area contributed by atoms with E-state index in [1.807, 2.05) is 42.5 Å². The Hall–Kier alpha value is -4.71. The van der Waals surface area contributed by atoms with Gasteiger partial charge in [-0.25, -0.2) is 9.97 Å². The van der Waals surface area contributed by atoms with E-state index >= 15 is 0 Å². The number of hydrogen-bond acceptors (Lipinski definition) is 6. The molecule has 0 fully saturated rings. The summed E-state index contributed by atoms with van der Waals surface area (Å²) in [6.45, 7) is 0. The van der Waals surface area contributed by atoms with Crippen LogP contribution in [0.1, 0.15) is 34.8 Å². The molecule has 2 aliphatic rings. The van der Waals surface area contributed by atoms with Gasteiger partial charge >= 0.3 is 0 Å². The Morgan fingerprint density at radius 1 is 0.714 bits per heavy atom. The van der Waals surface area contributed by atoms with E-state index in [1.54, 1.807) is 12.4 Å². The molecule has 4 aromatic carbocycles. The molecule has 2 aliphatic heterocycles. The lowest BCUT2D eigenvalue weighted by molar-refractivity contribution is 0.259. The standard InChI is InChI=1S/C29H21N5O/c1-2-9-19(10-3-1)25-22-15-14-18-8-4-5-11-21(18)26(22)34-28(33-25)27-30-16-20(17-31-27)29-32-23-12-6-7-13-24(23)35-29/h1-17,25,29,32H,(H,33,34). The molecule has 0 amide bonds. The van der Waals surface area contributed by atoms with Gasteiger partial charge in [0.2, 0.25) is 0 Å². The summed E-state index contributed by atoms with van der Waals surface area (Å²) in [6.07, 6.45) is 3.28. The molecule has 0 saturated heterocycles.